The van der Waals surface area contributed by atoms with E-state index in [9.17, 15) is 4.91 Å². The molecule has 0 aliphatic carbocycles. The second kappa shape index (κ2) is 7.63. The zero-order chi connectivity index (χ0) is 8.53. The first-order chi connectivity index (χ1) is 5.35. The molecule has 66 valence electrons. The predicted molar refractivity (Wildman–Crippen MR) is 44.4 cm³/mol. The van der Waals surface area contributed by atoms with Crippen LogP contribution in [0.15, 0.2) is 5.18 Å². The average molecular weight is 160 g/mol. The van der Waals surface area contributed by atoms with E-state index in [1.165, 1.54) is 0 Å². The van der Waals surface area contributed by atoms with Crippen molar-refractivity contribution in [3.8, 4) is 0 Å². The van der Waals surface area contributed by atoms with Gasteiger partial charge in [0.15, 0.2) is 0 Å². The molecule has 0 spiro atoms. The standard InChI is InChI=1S/C7H16N2O2/c1-2-11-7(6-8)4-3-5-9-10/h7H,2-6,8H2,1H3. The van der Waals surface area contributed by atoms with Gasteiger partial charge in [0.2, 0.25) is 0 Å². The molecule has 0 aromatic rings. The lowest BCUT2D eigenvalue weighted by atomic mass is 10.2. The molecule has 0 rings (SSSR count). The van der Waals surface area contributed by atoms with Crippen molar-refractivity contribution in [2.24, 2.45) is 10.9 Å². The van der Waals surface area contributed by atoms with Gasteiger partial charge in [-0.15, -0.1) is 0 Å². The molecule has 0 aromatic heterocycles. The summed E-state index contributed by atoms with van der Waals surface area (Å²) < 4.78 is 5.27. The fourth-order valence-corrected chi connectivity index (χ4v) is 0.888. The highest BCUT2D eigenvalue weighted by molar-refractivity contribution is 4.59. The number of nitrogens with zero attached hydrogens (tertiary/aromatic N) is 1. The smallest absolute Gasteiger partial charge is 0.0812 e. The number of nitroso groups, excluding NO2 is 1. The van der Waals surface area contributed by atoms with Gasteiger partial charge < -0.3 is 10.5 Å². The quantitative estimate of drug-likeness (QED) is 0.444. The van der Waals surface area contributed by atoms with Crippen LogP contribution in [0.4, 0.5) is 0 Å². The Labute approximate surface area is 67.1 Å². The molecule has 0 saturated heterocycles. The van der Waals surface area contributed by atoms with Gasteiger partial charge in [-0.1, -0.05) is 5.18 Å². The number of nitrogens with two attached hydrogens (primary N) is 1. The second-order valence-corrected chi connectivity index (χ2v) is 2.31. The van der Waals surface area contributed by atoms with Crippen LogP contribution in [0.25, 0.3) is 0 Å². The van der Waals surface area contributed by atoms with E-state index in [4.69, 9.17) is 10.5 Å². The molecule has 0 bridgehead atoms. The third-order valence-electron chi connectivity index (χ3n) is 1.44. The first-order valence-electron chi connectivity index (χ1n) is 3.96. The van der Waals surface area contributed by atoms with Crippen LogP contribution in [0.2, 0.25) is 0 Å². The van der Waals surface area contributed by atoms with E-state index in [0.29, 0.717) is 19.7 Å². The molecular formula is C7H16N2O2. The Hall–Kier alpha value is -0.480. The lowest BCUT2D eigenvalue weighted by molar-refractivity contribution is 0.0621. The fourth-order valence-electron chi connectivity index (χ4n) is 0.888. The van der Waals surface area contributed by atoms with Crippen LogP contribution in [0, 0.1) is 4.91 Å². The number of ether oxygens (including phenoxy) is 1. The average Bonchev–Trinajstić information content (AvgIpc) is 2.03. The summed E-state index contributed by atoms with van der Waals surface area (Å²) in [6.07, 6.45) is 1.70. The van der Waals surface area contributed by atoms with Crippen molar-refractivity contribution >= 4 is 0 Å². The highest BCUT2D eigenvalue weighted by Crippen LogP contribution is 2.00. The van der Waals surface area contributed by atoms with E-state index in [0.717, 1.165) is 12.8 Å². The van der Waals surface area contributed by atoms with E-state index in [2.05, 4.69) is 5.18 Å². The maximum absolute atomic E-state index is 9.71. The summed E-state index contributed by atoms with van der Waals surface area (Å²) in [6, 6.07) is 0. The molecule has 2 N–H and O–H groups in total. The largest absolute Gasteiger partial charge is 0.377 e. The Balaban J connectivity index is 3.27. The highest BCUT2D eigenvalue weighted by Gasteiger charge is 2.04. The lowest BCUT2D eigenvalue weighted by Gasteiger charge is -2.12. The molecule has 0 heterocycles. The van der Waals surface area contributed by atoms with Crippen LogP contribution in [-0.4, -0.2) is 25.8 Å². The molecule has 0 radical (unpaired) electrons. The Morgan fingerprint density at radius 1 is 1.64 bits per heavy atom. The summed E-state index contributed by atoms with van der Waals surface area (Å²) in [4.78, 5) is 9.71. The van der Waals surface area contributed by atoms with Gasteiger partial charge in [-0.2, -0.15) is 4.91 Å². The Kier molecular flexibility index (Phi) is 7.29. The summed E-state index contributed by atoms with van der Waals surface area (Å²) >= 11 is 0. The van der Waals surface area contributed by atoms with Crippen LogP contribution >= 0.6 is 0 Å². The Morgan fingerprint density at radius 3 is 2.82 bits per heavy atom. The number of rotatable bonds is 7. The molecule has 1 atom stereocenters. The molecule has 1 unspecified atom stereocenters. The van der Waals surface area contributed by atoms with Crippen molar-refractivity contribution < 1.29 is 4.74 Å². The van der Waals surface area contributed by atoms with Crippen molar-refractivity contribution in [3.05, 3.63) is 4.91 Å². The van der Waals surface area contributed by atoms with Crippen molar-refractivity contribution in [2.75, 3.05) is 19.7 Å². The van der Waals surface area contributed by atoms with Gasteiger partial charge in [0.1, 0.15) is 0 Å². The minimum absolute atomic E-state index is 0.0988. The van der Waals surface area contributed by atoms with Crippen molar-refractivity contribution in [2.45, 2.75) is 25.9 Å². The van der Waals surface area contributed by atoms with Gasteiger partial charge >= 0.3 is 0 Å². The van der Waals surface area contributed by atoms with E-state index >= 15 is 0 Å². The maximum Gasteiger partial charge on any atom is 0.0812 e. The minimum atomic E-state index is 0.0988. The molecule has 4 nitrogen and oxygen atoms in total. The zero-order valence-corrected chi connectivity index (χ0v) is 6.95. The lowest BCUT2D eigenvalue weighted by Crippen LogP contribution is -2.23. The molecule has 0 aliphatic heterocycles. The summed E-state index contributed by atoms with van der Waals surface area (Å²) in [5.74, 6) is 0. The SMILES string of the molecule is CCOC(CN)CCCN=O. The molecule has 0 aromatic carbocycles. The molecule has 0 saturated carbocycles. The number of hydrogen-bond donors (Lipinski definition) is 1. The summed E-state index contributed by atoms with van der Waals surface area (Å²) in [5, 5.41) is 2.76. The van der Waals surface area contributed by atoms with Crippen LogP contribution in [-0.2, 0) is 4.74 Å². The first-order valence-corrected chi connectivity index (χ1v) is 3.96. The van der Waals surface area contributed by atoms with Crippen LogP contribution in [0.3, 0.4) is 0 Å². The first kappa shape index (κ1) is 10.5. The van der Waals surface area contributed by atoms with Gasteiger partial charge in [0.25, 0.3) is 0 Å². The third kappa shape index (κ3) is 5.94. The van der Waals surface area contributed by atoms with Crippen LogP contribution in [0.5, 0.6) is 0 Å². The van der Waals surface area contributed by atoms with Gasteiger partial charge in [-0.3, -0.25) is 0 Å². The predicted octanol–water partition coefficient (Wildman–Crippen LogP) is 0.897. The molecular weight excluding hydrogens is 144 g/mol. The summed E-state index contributed by atoms with van der Waals surface area (Å²) in [5.41, 5.74) is 5.41. The molecule has 0 amide bonds. The zero-order valence-electron chi connectivity index (χ0n) is 6.95. The Morgan fingerprint density at radius 2 is 2.36 bits per heavy atom. The van der Waals surface area contributed by atoms with Crippen molar-refractivity contribution in [3.63, 3.8) is 0 Å². The monoisotopic (exact) mass is 160 g/mol. The van der Waals surface area contributed by atoms with E-state index in [1.807, 2.05) is 6.92 Å². The fraction of sp³-hybridized carbons (Fsp3) is 1.00. The van der Waals surface area contributed by atoms with Crippen molar-refractivity contribution in [1.29, 1.82) is 0 Å². The van der Waals surface area contributed by atoms with Crippen LogP contribution in [0.1, 0.15) is 19.8 Å². The molecule has 0 fully saturated rings. The maximum atomic E-state index is 9.71. The molecule has 4 heteroatoms. The summed E-state index contributed by atoms with van der Waals surface area (Å²) in [7, 11) is 0. The van der Waals surface area contributed by atoms with Crippen LogP contribution < -0.4 is 5.73 Å². The Bertz CT molecular complexity index is 98.4. The topological polar surface area (TPSA) is 64.7 Å². The van der Waals surface area contributed by atoms with Gasteiger partial charge in [-0.25, -0.2) is 0 Å². The van der Waals surface area contributed by atoms with E-state index < -0.39 is 0 Å². The summed E-state index contributed by atoms with van der Waals surface area (Å²) in [6.45, 7) is 3.49. The minimum Gasteiger partial charge on any atom is -0.377 e. The second-order valence-electron chi connectivity index (χ2n) is 2.31. The van der Waals surface area contributed by atoms with Crippen molar-refractivity contribution in [1.82, 2.24) is 0 Å². The molecule has 11 heavy (non-hydrogen) atoms. The highest BCUT2D eigenvalue weighted by atomic mass is 16.5. The van der Waals surface area contributed by atoms with E-state index in [-0.39, 0.29) is 6.10 Å². The van der Waals surface area contributed by atoms with Gasteiger partial charge in [0.05, 0.1) is 12.6 Å². The third-order valence-corrected chi connectivity index (χ3v) is 1.44. The van der Waals surface area contributed by atoms with Gasteiger partial charge in [-0.05, 0) is 19.8 Å². The molecule has 0 aliphatic rings. The normalized spacial score (nSPS) is 12.9. The number of hydrogen-bond acceptors (Lipinski definition) is 4. The van der Waals surface area contributed by atoms with E-state index in [1.54, 1.807) is 0 Å². The van der Waals surface area contributed by atoms with Gasteiger partial charge in [0, 0.05) is 13.2 Å².